The maximum Gasteiger partial charge on any atom is 0.313 e. The Morgan fingerprint density at radius 1 is 1.08 bits per heavy atom. The van der Waals surface area contributed by atoms with E-state index in [1.807, 2.05) is 20.8 Å². The lowest BCUT2D eigenvalue weighted by Gasteiger charge is -2.35. The zero-order valence-corrected chi connectivity index (χ0v) is 14.8. The highest BCUT2D eigenvalue weighted by molar-refractivity contribution is 5.99. The normalized spacial score (nSPS) is 29.0. The molecule has 134 valence electrons. The number of nitrogens with one attached hydrogen (secondary N) is 2. The second kappa shape index (κ2) is 5.47. The smallest absolute Gasteiger partial charge is 0.313 e. The number of ether oxygens (including phenoxy) is 2. The van der Waals surface area contributed by atoms with E-state index in [1.54, 1.807) is 24.3 Å². The first kappa shape index (κ1) is 17.3. The van der Waals surface area contributed by atoms with Crippen molar-refractivity contribution in [2.24, 2.45) is 10.8 Å². The number of fused-ring (bicyclic) bond motifs is 2. The van der Waals surface area contributed by atoms with Crippen molar-refractivity contribution in [1.29, 1.82) is 0 Å². The summed E-state index contributed by atoms with van der Waals surface area (Å²) in [5.41, 5.74) is 2.57. The second-order valence-electron chi connectivity index (χ2n) is 7.31. The van der Waals surface area contributed by atoms with E-state index >= 15 is 0 Å². The zero-order chi connectivity index (χ0) is 18.5. The number of hydrazine groups is 1. The Hall–Kier alpha value is -2.57. The molecule has 0 aromatic heterocycles. The molecule has 2 atom stereocenters. The predicted molar refractivity (Wildman–Crippen MR) is 88.5 cm³/mol. The van der Waals surface area contributed by atoms with Crippen molar-refractivity contribution < 1.29 is 23.9 Å². The molecule has 2 aliphatic rings. The molecule has 1 heterocycles. The fourth-order valence-electron chi connectivity index (χ4n) is 3.78. The number of rotatable bonds is 3. The molecule has 1 aromatic carbocycles. The quantitative estimate of drug-likeness (QED) is 0.640. The van der Waals surface area contributed by atoms with Crippen LogP contribution in [0.1, 0.15) is 44.0 Å². The lowest BCUT2D eigenvalue weighted by atomic mass is 9.66. The number of amides is 2. The fraction of sp³-hybridized carbons (Fsp3) is 0.500. The van der Waals surface area contributed by atoms with Crippen LogP contribution in [-0.2, 0) is 14.3 Å². The molecule has 2 unspecified atom stereocenters. The maximum atomic E-state index is 12.7. The first-order valence-corrected chi connectivity index (χ1v) is 8.16. The summed E-state index contributed by atoms with van der Waals surface area (Å²) in [6, 6.07) is 6.48. The van der Waals surface area contributed by atoms with Gasteiger partial charge >= 0.3 is 5.97 Å². The number of benzene rings is 1. The standard InChI is InChI=1S/C18H22N2O5/c1-16(2)17(3)9-10-18(16,25-15(17)23)14(22)20-19-13(21)11-5-7-12(24-4)8-6-11/h5-8H,9-10H2,1-4H3,(H,19,21)(H,20,22). The molecule has 25 heavy (non-hydrogen) atoms. The van der Waals surface area contributed by atoms with E-state index in [1.165, 1.54) is 7.11 Å². The minimum Gasteiger partial charge on any atom is -0.497 e. The molecule has 0 spiro atoms. The maximum absolute atomic E-state index is 12.7. The van der Waals surface area contributed by atoms with Crippen molar-refractivity contribution in [3.63, 3.8) is 0 Å². The van der Waals surface area contributed by atoms with Crippen molar-refractivity contribution in [3.8, 4) is 5.75 Å². The highest BCUT2D eigenvalue weighted by Crippen LogP contribution is 2.65. The molecule has 1 aliphatic heterocycles. The summed E-state index contributed by atoms with van der Waals surface area (Å²) in [7, 11) is 1.54. The minimum atomic E-state index is -1.26. The first-order chi connectivity index (χ1) is 11.7. The summed E-state index contributed by atoms with van der Waals surface area (Å²) in [4.78, 5) is 37.1. The minimum absolute atomic E-state index is 0.361. The fourth-order valence-corrected chi connectivity index (χ4v) is 3.78. The summed E-state index contributed by atoms with van der Waals surface area (Å²) < 4.78 is 10.5. The number of carbonyl (C=O) groups is 3. The van der Waals surface area contributed by atoms with Crippen LogP contribution in [0, 0.1) is 10.8 Å². The monoisotopic (exact) mass is 346 g/mol. The highest BCUT2D eigenvalue weighted by Gasteiger charge is 2.75. The highest BCUT2D eigenvalue weighted by atomic mass is 16.6. The van der Waals surface area contributed by atoms with E-state index in [0.29, 0.717) is 24.2 Å². The van der Waals surface area contributed by atoms with Crippen LogP contribution in [0.25, 0.3) is 0 Å². The Labute approximate surface area is 146 Å². The van der Waals surface area contributed by atoms with Gasteiger partial charge < -0.3 is 9.47 Å². The van der Waals surface area contributed by atoms with Gasteiger partial charge in [0.25, 0.3) is 11.8 Å². The van der Waals surface area contributed by atoms with E-state index in [9.17, 15) is 14.4 Å². The molecular weight excluding hydrogens is 324 g/mol. The van der Waals surface area contributed by atoms with Crippen molar-refractivity contribution in [1.82, 2.24) is 10.9 Å². The molecule has 3 rings (SSSR count). The summed E-state index contributed by atoms with van der Waals surface area (Å²) in [6.07, 6.45) is 1.02. The number of hydrogen-bond acceptors (Lipinski definition) is 5. The molecule has 2 fully saturated rings. The second-order valence-corrected chi connectivity index (χ2v) is 7.31. The lowest BCUT2D eigenvalue weighted by Crippen LogP contribution is -2.57. The van der Waals surface area contributed by atoms with Crippen molar-refractivity contribution in [2.75, 3.05) is 7.11 Å². The third-order valence-electron chi connectivity index (χ3n) is 6.09. The molecule has 1 saturated heterocycles. The molecule has 2 bridgehead atoms. The van der Waals surface area contributed by atoms with Crippen LogP contribution in [0.2, 0.25) is 0 Å². The van der Waals surface area contributed by atoms with Gasteiger partial charge in [-0.25, -0.2) is 0 Å². The molecular formula is C18H22N2O5. The topological polar surface area (TPSA) is 93.7 Å². The van der Waals surface area contributed by atoms with Crippen LogP contribution in [0.3, 0.4) is 0 Å². The van der Waals surface area contributed by atoms with Crippen LogP contribution in [0.15, 0.2) is 24.3 Å². The Balaban J connectivity index is 1.70. The van der Waals surface area contributed by atoms with E-state index in [0.717, 1.165) is 0 Å². The lowest BCUT2D eigenvalue weighted by molar-refractivity contribution is -0.168. The summed E-state index contributed by atoms with van der Waals surface area (Å²) in [5, 5.41) is 0. The number of carbonyl (C=O) groups excluding carboxylic acids is 3. The molecule has 2 N–H and O–H groups in total. The van der Waals surface area contributed by atoms with E-state index < -0.39 is 28.2 Å². The Morgan fingerprint density at radius 3 is 2.20 bits per heavy atom. The molecule has 7 nitrogen and oxygen atoms in total. The van der Waals surface area contributed by atoms with Crippen LogP contribution < -0.4 is 15.6 Å². The largest absolute Gasteiger partial charge is 0.497 e. The Kier molecular flexibility index (Phi) is 3.78. The summed E-state index contributed by atoms with van der Waals surface area (Å²) in [6.45, 7) is 5.54. The number of methoxy groups -OCH3 is 1. The van der Waals surface area contributed by atoms with Crippen LogP contribution in [0.5, 0.6) is 5.75 Å². The average Bonchev–Trinajstić information content (AvgIpc) is 2.89. The van der Waals surface area contributed by atoms with Crippen molar-refractivity contribution >= 4 is 17.8 Å². The van der Waals surface area contributed by atoms with Gasteiger partial charge in [-0.05, 0) is 44.0 Å². The van der Waals surface area contributed by atoms with Crippen molar-refractivity contribution in [2.45, 2.75) is 39.2 Å². The van der Waals surface area contributed by atoms with Gasteiger partial charge in [-0.1, -0.05) is 13.8 Å². The SMILES string of the molecule is COc1ccc(C(=O)NNC(=O)C23CCC(C)(C(=O)O2)C3(C)C)cc1. The summed E-state index contributed by atoms with van der Waals surface area (Å²) >= 11 is 0. The number of esters is 1. The van der Waals surface area contributed by atoms with Gasteiger partial charge in [-0.2, -0.15) is 0 Å². The molecule has 0 radical (unpaired) electrons. The third kappa shape index (κ3) is 2.22. The van der Waals surface area contributed by atoms with E-state index in [2.05, 4.69) is 10.9 Å². The van der Waals surface area contributed by atoms with Crippen LogP contribution in [0.4, 0.5) is 0 Å². The van der Waals surface area contributed by atoms with Gasteiger partial charge in [-0.15, -0.1) is 0 Å². The van der Waals surface area contributed by atoms with E-state index in [-0.39, 0.29) is 5.97 Å². The van der Waals surface area contributed by atoms with E-state index in [4.69, 9.17) is 9.47 Å². The molecule has 1 aromatic rings. The van der Waals surface area contributed by atoms with Gasteiger partial charge in [0.1, 0.15) is 5.75 Å². The summed E-state index contributed by atoms with van der Waals surface area (Å²) in [5.74, 6) is -0.700. The predicted octanol–water partition coefficient (Wildman–Crippen LogP) is 1.58. The van der Waals surface area contributed by atoms with Crippen molar-refractivity contribution in [3.05, 3.63) is 29.8 Å². The van der Waals surface area contributed by atoms with Gasteiger partial charge in [0.05, 0.1) is 12.5 Å². The van der Waals surface area contributed by atoms with Crippen LogP contribution in [-0.4, -0.2) is 30.5 Å². The van der Waals surface area contributed by atoms with Gasteiger partial charge in [-0.3, -0.25) is 25.2 Å². The number of hydrogen-bond donors (Lipinski definition) is 2. The first-order valence-electron chi connectivity index (χ1n) is 8.16. The van der Waals surface area contributed by atoms with Gasteiger partial charge in [0, 0.05) is 11.0 Å². The third-order valence-corrected chi connectivity index (χ3v) is 6.09. The Bertz CT molecular complexity index is 742. The van der Waals surface area contributed by atoms with Gasteiger partial charge in [0.15, 0.2) is 5.60 Å². The Morgan fingerprint density at radius 2 is 1.72 bits per heavy atom. The molecule has 1 aliphatic carbocycles. The average molecular weight is 346 g/mol. The molecule has 7 heteroatoms. The molecule has 1 saturated carbocycles. The van der Waals surface area contributed by atoms with Gasteiger partial charge in [0.2, 0.25) is 0 Å². The molecule has 2 amide bonds. The zero-order valence-electron chi connectivity index (χ0n) is 14.8. The van der Waals surface area contributed by atoms with Crippen LogP contribution >= 0.6 is 0 Å².